The van der Waals surface area contributed by atoms with E-state index in [0.29, 0.717) is 63.7 Å². The number of aromatic nitrogens is 1. The summed E-state index contributed by atoms with van der Waals surface area (Å²) in [5, 5.41) is 9.40. The van der Waals surface area contributed by atoms with Crippen LogP contribution in [0.2, 0.25) is 0 Å². The first-order valence-electron chi connectivity index (χ1n) is 14.7. The fraction of sp³-hybridized carbons (Fsp3) is 0.500. The smallest absolute Gasteiger partial charge is 0.335 e. The van der Waals surface area contributed by atoms with Gasteiger partial charge in [-0.1, -0.05) is 18.2 Å². The number of benzene rings is 2. The van der Waals surface area contributed by atoms with Crippen molar-refractivity contribution in [2.45, 2.75) is 43.5 Å². The molecule has 1 N–H and O–H groups in total. The van der Waals surface area contributed by atoms with E-state index >= 15 is 0 Å². The number of rotatable bonds is 6. The van der Waals surface area contributed by atoms with E-state index in [0.717, 1.165) is 37.0 Å². The van der Waals surface area contributed by atoms with Crippen molar-refractivity contribution >= 4 is 39.0 Å². The van der Waals surface area contributed by atoms with Crippen LogP contribution in [0.4, 0.5) is 6.01 Å². The molecule has 0 bridgehead atoms. The molecule has 224 valence electrons. The summed E-state index contributed by atoms with van der Waals surface area (Å²) in [6, 6.07) is 12.9. The van der Waals surface area contributed by atoms with Crippen LogP contribution in [0.1, 0.15) is 41.6 Å². The molecule has 0 atom stereocenters. The number of hydrogen-bond acceptors (Lipinski definition) is 8. The van der Waals surface area contributed by atoms with E-state index in [1.807, 2.05) is 29.2 Å². The Morgan fingerprint density at radius 2 is 1.60 bits per heavy atom. The second-order valence-electron chi connectivity index (χ2n) is 11.5. The molecule has 3 aliphatic heterocycles. The lowest BCUT2D eigenvalue weighted by molar-refractivity contribution is -0.137. The molecule has 12 heteroatoms. The summed E-state index contributed by atoms with van der Waals surface area (Å²) >= 11 is 0. The van der Waals surface area contributed by atoms with Gasteiger partial charge in [-0.05, 0) is 75.5 Å². The summed E-state index contributed by atoms with van der Waals surface area (Å²) in [6.45, 7) is 6.80. The minimum absolute atomic E-state index is 0.00784. The maximum absolute atomic E-state index is 13.3. The number of carbonyl (C=O) groups is 2. The van der Waals surface area contributed by atoms with Crippen molar-refractivity contribution in [2.75, 3.05) is 57.3 Å². The van der Waals surface area contributed by atoms with Crippen molar-refractivity contribution in [1.29, 1.82) is 0 Å². The number of fused-ring (bicyclic) bond motifs is 1. The number of carboxylic acids is 1. The fourth-order valence-corrected chi connectivity index (χ4v) is 7.97. The molecule has 42 heavy (non-hydrogen) atoms. The van der Waals surface area contributed by atoms with E-state index in [4.69, 9.17) is 4.42 Å². The SMILES string of the molecule is Cc1ccc(S(=O)(=O)N2CCC(N3CCC(C(=O)N4CCN(c5nc6ccccc6o5)CC4)CC3)CC2)cc1C(=O)O. The summed E-state index contributed by atoms with van der Waals surface area (Å²) < 4.78 is 33.8. The Morgan fingerprint density at radius 3 is 2.26 bits per heavy atom. The third kappa shape index (κ3) is 5.62. The maximum atomic E-state index is 13.3. The number of carbonyl (C=O) groups excluding carboxylic acids is 1. The summed E-state index contributed by atoms with van der Waals surface area (Å²) in [5.74, 6) is -0.887. The predicted molar refractivity (Wildman–Crippen MR) is 157 cm³/mol. The number of piperazine rings is 1. The van der Waals surface area contributed by atoms with Crippen LogP contribution >= 0.6 is 0 Å². The predicted octanol–water partition coefficient (Wildman–Crippen LogP) is 3.05. The Bertz CT molecular complexity index is 1530. The third-order valence-electron chi connectivity index (χ3n) is 9.04. The van der Waals surface area contributed by atoms with Gasteiger partial charge in [0.2, 0.25) is 15.9 Å². The molecule has 0 saturated carbocycles. The topological polar surface area (TPSA) is 128 Å². The molecule has 3 aliphatic rings. The second kappa shape index (κ2) is 11.7. The van der Waals surface area contributed by atoms with Gasteiger partial charge in [0.15, 0.2) is 5.58 Å². The highest BCUT2D eigenvalue weighted by Gasteiger charge is 2.36. The number of anilines is 1. The fourth-order valence-electron chi connectivity index (χ4n) is 6.47. The van der Waals surface area contributed by atoms with Crippen molar-refractivity contribution in [3.05, 3.63) is 53.6 Å². The first kappa shape index (κ1) is 28.6. The molecule has 0 radical (unpaired) electrons. The van der Waals surface area contributed by atoms with E-state index in [1.165, 1.54) is 16.4 Å². The largest absolute Gasteiger partial charge is 0.478 e. The van der Waals surface area contributed by atoms with Gasteiger partial charge in [-0.2, -0.15) is 9.29 Å². The maximum Gasteiger partial charge on any atom is 0.335 e. The van der Waals surface area contributed by atoms with E-state index in [-0.39, 0.29) is 28.3 Å². The molecule has 11 nitrogen and oxygen atoms in total. The Labute approximate surface area is 245 Å². The Balaban J connectivity index is 0.973. The minimum Gasteiger partial charge on any atom is -0.478 e. The number of amides is 1. The summed E-state index contributed by atoms with van der Waals surface area (Å²) in [6.07, 6.45) is 3.05. The van der Waals surface area contributed by atoms with Gasteiger partial charge in [0.05, 0.1) is 10.5 Å². The highest BCUT2D eigenvalue weighted by molar-refractivity contribution is 7.89. The monoisotopic (exact) mass is 595 g/mol. The molecule has 6 rings (SSSR count). The van der Waals surface area contributed by atoms with Crippen LogP contribution in [0.5, 0.6) is 0 Å². The first-order valence-corrected chi connectivity index (χ1v) is 16.1. The number of sulfonamides is 1. The van der Waals surface area contributed by atoms with Crippen LogP contribution in [-0.2, 0) is 14.8 Å². The van der Waals surface area contributed by atoms with Crippen molar-refractivity contribution in [1.82, 2.24) is 19.1 Å². The number of aromatic carboxylic acids is 1. The molecule has 3 fully saturated rings. The molecule has 3 aromatic rings. The number of nitrogens with zero attached hydrogens (tertiary/aromatic N) is 5. The molecule has 3 saturated heterocycles. The van der Waals surface area contributed by atoms with Crippen LogP contribution in [0, 0.1) is 12.8 Å². The number of para-hydroxylation sites is 2. The highest BCUT2D eigenvalue weighted by atomic mass is 32.2. The van der Waals surface area contributed by atoms with Gasteiger partial charge in [-0.3, -0.25) is 4.79 Å². The molecule has 0 unspecified atom stereocenters. The Morgan fingerprint density at radius 1 is 0.905 bits per heavy atom. The summed E-state index contributed by atoms with van der Waals surface area (Å²) in [5.41, 5.74) is 2.15. The molecule has 0 spiro atoms. The van der Waals surface area contributed by atoms with Crippen molar-refractivity contribution < 1.29 is 27.5 Å². The highest BCUT2D eigenvalue weighted by Crippen LogP contribution is 2.29. The molecule has 1 aromatic heterocycles. The van der Waals surface area contributed by atoms with Crippen molar-refractivity contribution in [2.24, 2.45) is 5.92 Å². The van der Waals surface area contributed by atoms with Crippen molar-refractivity contribution in [3.8, 4) is 0 Å². The van der Waals surface area contributed by atoms with Gasteiger partial charge in [-0.15, -0.1) is 0 Å². The number of piperidine rings is 2. The van der Waals surface area contributed by atoms with Gasteiger partial charge in [0.25, 0.3) is 6.01 Å². The van der Waals surface area contributed by atoms with Gasteiger partial charge >= 0.3 is 5.97 Å². The molecule has 2 aromatic carbocycles. The molecule has 1 amide bonds. The number of carboxylic acid groups (broad SMARTS) is 1. The standard InChI is InChI=1S/C30H37N5O6S/c1-21-6-7-24(20-25(21)29(37)38)42(39,40)35-14-10-23(11-15-35)32-12-8-22(9-13-32)28(36)33-16-18-34(19-17-33)30-31-26-4-2-3-5-27(26)41-30/h2-7,20,22-23H,8-19H2,1H3,(H,37,38). The van der Waals surface area contributed by atoms with E-state index in [2.05, 4.69) is 14.8 Å². The van der Waals surface area contributed by atoms with E-state index in [9.17, 15) is 23.1 Å². The number of aryl methyl sites for hydroxylation is 1. The Kier molecular flexibility index (Phi) is 7.95. The van der Waals surface area contributed by atoms with Gasteiger partial charge in [0, 0.05) is 51.2 Å². The first-order chi connectivity index (χ1) is 20.2. The molecule has 0 aliphatic carbocycles. The average molecular weight is 596 g/mol. The van der Waals surface area contributed by atoms with Crippen LogP contribution in [0.25, 0.3) is 11.1 Å². The number of hydrogen-bond donors (Lipinski definition) is 1. The van der Waals surface area contributed by atoms with Crippen LogP contribution in [0.3, 0.4) is 0 Å². The second-order valence-corrected chi connectivity index (χ2v) is 13.4. The minimum atomic E-state index is -3.76. The third-order valence-corrected chi connectivity index (χ3v) is 10.9. The van der Waals surface area contributed by atoms with Gasteiger partial charge in [-0.25, -0.2) is 13.2 Å². The normalized spacial score (nSPS) is 20.3. The zero-order valence-electron chi connectivity index (χ0n) is 23.8. The van der Waals surface area contributed by atoms with E-state index < -0.39 is 16.0 Å². The van der Waals surface area contributed by atoms with Gasteiger partial charge in [0.1, 0.15) is 5.52 Å². The molecular weight excluding hydrogens is 558 g/mol. The summed E-state index contributed by atoms with van der Waals surface area (Å²) in [7, 11) is -3.76. The van der Waals surface area contributed by atoms with E-state index in [1.54, 1.807) is 13.0 Å². The number of oxazole rings is 1. The van der Waals surface area contributed by atoms with Gasteiger partial charge < -0.3 is 24.2 Å². The lowest BCUT2D eigenvalue weighted by Gasteiger charge is -2.42. The quantitative estimate of drug-likeness (QED) is 0.457. The Hall–Kier alpha value is -3.48. The molecular formula is C30H37N5O6S. The lowest BCUT2D eigenvalue weighted by atomic mass is 9.92. The molecule has 4 heterocycles. The number of likely N-dealkylation sites (tertiary alicyclic amines) is 1. The lowest BCUT2D eigenvalue weighted by Crippen LogP contribution is -2.53. The van der Waals surface area contributed by atoms with Crippen LogP contribution in [-0.4, -0.2) is 103 Å². The zero-order valence-corrected chi connectivity index (χ0v) is 24.6. The van der Waals surface area contributed by atoms with Crippen LogP contribution in [0.15, 0.2) is 51.8 Å². The van der Waals surface area contributed by atoms with Crippen molar-refractivity contribution in [3.63, 3.8) is 0 Å². The average Bonchev–Trinajstić information content (AvgIpc) is 3.45. The zero-order chi connectivity index (χ0) is 29.4. The summed E-state index contributed by atoms with van der Waals surface area (Å²) in [4.78, 5) is 35.9. The van der Waals surface area contributed by atoms with Crippen LogP contribution < -0.4 is 4.90 Å².